The highest BCUT2D eigenvalue weighted by atomic mass is 32.2. The highest BCUT2D eigenvalue weighted by molar-refractivity contribution is 7.89. The second-order valence-corrected chi connectivity index (χ2v) is 14.0. The molecule has 48 heavy (non-hydrogen) atoms. The summed E-state index contributed by atoms with van der Waals surface area (Å²) in [5, 5.41) is 18.7. The topological polar surface area (TPSA) is 188 Å². The van der Waals surface area contributed by atoms with Crippen LogP contribution in [0.2, 0.25) is 0 Å². The minimum absolute atomic E-state index is 0.0900. The summed E-state index contributed by atoms with van der Waals surface area (Å²) in [5.74, 6) is -2.71. The molecule has 1 amide bonds. The van der Waals surface area contributed by atoms with Crippen LogP contribution in [-0.2, 0) is 24.1 Å². The number of aromatic nitrogens is 8. The highest BCUT2D eigenvalue weighted by Crippen LogP contribution is 2.36. The average Bonchev–Trinajstić information content (AvgIpc) is 3.77. The number of pyridine rings is 2. The predicted molar refractivity (Wildman–Crippen MR) is 174 cm³/mol. The summed E-state index contributed by atoms with van der Waals surface area (Å²) in [7, 11) is -0.574. The van der Waals surface area contributed by atoms with E-state index in [1.54, 1.807) is 20.9 Å². The lowest BCUT2D eigenvalue weighted by atomic mass is 10.2. The number of nitrogens with one attached hydrogen (secondary N) is 1. The first-order valence-electron chi connectivity index (χ1n) is 13.6. The van der Waals surface area contributed by atoms with Gasteiger partial charge in [0.05, 0.1) is 39.8 Å². The van der Waals surface area contributed by atoms with Crippen molar-refractivity contribution in [1.82, 2.24) is 44.2 Å². The molecule has 6 aromatic rings. The Bertz CT molecular complexity index is 2290. The van der Waals surface area contributed by atoms with Crippen LogP contribution < -0.4 is 4.72 Å². The third-order valence-corrected chi connectivity index (χ3v) is 9.47. The number of rotatable bonds is 7. The van der Waals surface area contributed by atoms with Crippen LogP contribution >= 0.6 is 22.7 Å². The molecule has 0 fully saturated rings. The summed E-state index contributed by atoms with van der Waals surface area (Å²) in [6, 6.07) is 5.67. The maximum absolute atomic E-state index is 13.4. The normalized spacial score (nSPS) is 11.2. The molecule has 0 aliphatic heterocycles. The zero-order chi connectivity index (χ0) is 34.9. The van der Waals surface area contributed by atoms with Gasteiger partial charge in [0, 0.05) is 37.6 Å². The standard InChI is InChI=1S/C15H14FN5O3S2.C14H11FN4O2S/c1-8-13(25-15(18-8)9-4-10(16)7-17-6-9)11-5-12(21(2)19-11)14(22)20-26(3,23)24;1-7-12(10-4-11(14(20)21)19(2)18-10)22-13(17-7)8-3-9(15)6-16-5-8/h4-7H,1-3H3,(H,20,22);3-6H,1-2H3,(H,20,21). The maximum atomic E-state index is 13.4. The quantitative estimate of drug-likeness (QED) is 0.237. The van der Waals surface area contributed by atoms with Crippen LogP contribution in [0.5, 0.6) is 0 Å². The average molecular weight is 714 g/mol. The van der Waals surface area contributed by atoms with Crippen molar-refractivity contribution in [1.29, 1.82) is 0 Å². The minimum Gasteiger partial charge on any atom is -0.477 e. The fourth-order valence-corrected chi connectivity index (χ4v) is 6.81. The van der Waals surface area contributed by atoms with Crippen molar-refractivity contribution in [3.05, 3.63) is 83.5 Å². The minimum atomic E-state index is -3.68. The summed E-state index contributed by atoms with van der Waals surface area (Å²) in [6.07, 6.45) is 6.18. The number of nitrogens with zero attached hydrogens (tertiary/aromatic N) is 8. The number of thiazole rings is 2. The van der Waals surface area contributed by atoms with Gasteiger partial charge in [-0.3, -0.25) is 24.1 Å². The summed E-state index contributed by atoms with van der Waals surface area (Å²) in [4.78, 5) is 41.0. The van der Waals surface area contributed by atoms with E-state index in [4.69, 9.17) is 5.11 Å². The Balaban J connectivity index is 0.000000190. The number of carbonyl (C=O) groups is 2. The van der Waals surface area contributed by atoms with E-state index in [0.29, 0.717) is 48.8 Å². The molecule has 0 aliphatic carbocycles. The number of carboxylic acid groups (broad SMARTS) is 1. The molecule has 0 aromatic carbocycles. The molecule has 248 valence electrons. The first kappa shape index (κ1) is 34.1. The van der Waals surface area contributed by atoms with Crippen LogP contribution in [0.15, 0.2) is 49.1 Å². The molecule has 6 aromatic heterocycles. The zero-order valence-electron chi connectivity index (χ0n) is 25.8. The first-order valence-corrected chi connectivity index (χ1v) is 17.1. The molecule has 19 heteroatoms. The van der Waals surface area contributed by atoms with Gasteiger partial charge < -0.3 is 5.11 Å². The highest BCUT2D eigenvalue weighted by Gasteiger charge is 2.21. The Morgan fingerprint density at radius 1 is 0.771 bits per heavy atom. The smallest absolute Gasteiger partial charge is 0.354 e. The van der Waals surface area contributed by atoms with Crippen molar-refractivity contribution in [2.45, 2.75) is 13.8 Å². The molecule has 2 N–H and O–H groups in total. The Kier molecular flexibility index (Phi) is 9.55. The van der Waals surface area contributed by atoms with E-state index in [1.807, 2.05) is 4.72 Å². The lowest BCUT2D eigenvalue weighted by Crippen LogP contribution is -2.30. The van der Waals surface area contributed by atoms with Crippen molar-refractivity contribution in [2.24, 2.45) is 14.1 Å². The molecular weight excluding hydrogens is 689 g/mol. The van der Waals surface area contributed by atoms with Crippen molar-refractivity contribution < 1.29 is 31.9 Å². The van der Waals surface area contributed by atoms with Crippen LogP contribution in [0.1, 0.15) is 32.4 Å². The molecule has 0 saturated heterocycles. The molecule has 0 atom stereocenters. The summed E-state index contributed by atoms with van der Waals surface area (Å²) >= 11 is 2.60. The van der Waals surface area contributed by atoms with E-state index in [9.17, 15) is 26.8 Å². The Labute approximate surface area is 279 Å². The molecule has 0 spiro atoms. The van der Waals surface area contributed by atoms with Gasteiger partial charge in [0.1, 0.15) is 44.4 Å². The van der Waals surface area contributed by atoms with Crippen molar-refractivity contribution in [3.63, 3.8) is 0 Å². The van der Waals surface area contributed by atoms with Crippen molar-refractivity contribution in [3.8, 4) is 42.3 Å². The van der Waals surface area contributed by atoms with Gasteiger partial charge in [-0.15, -0.1) is 22.7 Å². The molecule has 0 aliphatic rings. The number of halogens is 2. The van der Waals surface area contributed by atoms with Crippen molar-refractivity contribution >= 4 is 44.6 Å². The first-order chi connectivity index (χ1) is 22.6. The van der Waals surface area contributed by atoms with Crippen LogP contribution in [-0.4, -0.2) is 71.2 Å². The van der Waals surface area contributed by atoms with Gasteiger partial charge in [-0.1, -0.05) is 0 Å². The lowest BCUT2D eigenvalue weighted by molar-refractivity contribution is 0.0684. The van der Waals surface area contributed by atoms with Crippen LogP contribution in [0.25, 0.3) is 42.3 Å². The number of carboxylic acids is 1. The third-order valence-electron chi connectivity index (χ3n) is 6.45. The van der Waals surface area contributed by atoms with E-state index in [1.165, 1.54) is 75.7 Å². The summed E-state index contributed by atoms with van der Waals surface area (Å²) in [6.45, 7) is 3.57. The third kappa shape index (κ3) is 7.64. The number of sulfonamides is 1. The van der Waals surface area contributed by atoms with Crippen LogP contribution in [0.3, 0.4) is 0 Å². The van der Waals surface area contributed by atoms with Gasteiger partial charge in [-0.05, 0) is 38.1 Å². The molecule has 6 heterocycles. The Morgan fingerprint density at radius 2 is 1.21 bits per heavy atom. The molecule has 0 unspecified atom stereocenters. The SMILES string of the molecule is Cc1nc(-c2cncc(F)c2)sc1-c1cc(C(=O)NS(C)(=O)=O)n(C)n1.Cc1nc(-c2cncc(F)c2)sc1-c1cc(C(=O)O)n(C)n1. The monoisotopic (exact) mass is 713 g/mol. The van der Waals surface area contributed by atoms with E-state index < -0.39 is 33.5 Å². The van der Waals surface area contributed by atoms with E-state index in [2.05, 4.69) is 30.1 Å². The molecular formula is C29H25F2N9O5S3. The number of hydrogen-bond donors (Lipinski definition) is 2. The molecule has 0 saturated carbocycles. The predicted octanol–water partition coefficient (Wildman–Crippen LogP) is 4.49. The fraction of sp³-hybridized carbons (Fsp3) is 0.172. The Hall–Kier alpha value is -5.27. The summed E-state index contributed by atoms with van der Waals surface area (Å²) < 4.78 is 53.6. The number of hydrogen-bond acceptors (Lipinski definition) is 12. The van der Waals surface area contributed by atoms with Gasteiger partial charge in [-0.2, -0.15) is 10.2 Å². The number of aromatic carboxylic acids is 1. The second-order valence-electron chi connectivity index (χ2n) is 10.2. The maximum Gasteiger partial charge on any atom is 0.354 e. The van der Waals surface area contributed by atoms with Gasteiger partial charge in [0.15, 0.2) is 0 Å². The van der Waals surface area contributed by atoms with E-state index in [-0.39, 0.29) is 11.4 Å². The van der Waals surface area contributed by atoms with Crippen LogP contribution in [0, 0.1) is 25.5 Å². The molecule has 6 rings (SSSR count). The molecule has 0 radical (unpaired) electrons. The Morgan fingerprint density at radius 3 is 1.60 bits per heavy atom. The van der Waals surface area contributed by atoms with Gasteiger partial charge in [-0.25, -0.2) is 36.7 Å². The van der Waals surface area contributed by atoms with E-state index in [0.717, 1.165) is 23.5 Å². The fourth-order valence-electron chi connectivity index (χ4n) is 4.36. The summed E-state index contributed by atoms with van der Waals surface area (Å²) in [5.41, 5.74) is 3.66. The largest absolute Gasteiger partial charge is 0.477 e. The molecule has 0 bridgehead atoms. The zero-order valence-corrected chi connectivity index (χ0v) is 28.2. The second kappa shape index (κ2) is 13.5. The van der Waals surface area contributed by atoms with E-state index >= 15 is 0 Å². The van der Waals surface area contributed by atoms with Gasteiger partial charge >= 0.3 is 5.97 Å². The molecule has 14 nitrogen and oxygen atoms in total. The number of carbonyl (C=O) groups excluding carboxylic acids is 1. The van der Waals surface area contributed by atoms with Crippen LogP contribution in [0.4, 0.5) is 8.78 Å². The van der Waals surface area contributed by atoms with Gasteiger partial charge in [0.2, 0.25) is 10.0 Å². The number of amides is 1. The van der Waals surface area contributed by atoms with Gasteiger partial charge in [0.25, 0.3) is 5.91 Å². The lowest BCUT2D eigenvalue weighted by Gasteiger charge is -2.01. The van der Waals surface area contributed by atoms with Crippen molar-refractivity contribution in [2.75, 3.05) is 6.26 Å². The number of aryl methyl sites for hydroxylation is 4.